The van der Waals surface area contributed by atoms with E-state index in [-0.39, 0.29) is 11.7 Å². The maximum atomic E-state index is 11.3. The fraction of sp³-hybridized carbons (Fsp3) is 0.100. The van der Waals surface area contributed by atoms with E-state index in [1.54, 1.807) is 36.5 Å². The van der Waals surface area contributed by atoms with Gasteiger partial charge in [0.1, 0.15) is 5.82 Å². The van der Waals surface area contributed by atoms with Gasteiger partial charge in [-0.2, -0.15) is 4.98 Å². The Balaban J connectivity index is 1.72. The zero-order valence-corrected chi connectivity index (χ0v) is 15.0. The lowest BCUT2D eigenvalue weighted by molar-refractivity contribution is -0.114. The van der Waals surface area contributed by atoms with E-state index in [0.717, 1.165) is 11.4 Å². The third kappa shape index (κ3) is 5.12. The number of hydrogen-bond donors (Lipinski definition) is 3. The highest BCUT2D eigenvalue weighted by Gasteiger charge is 2.04. The van der Waals surface area contributed by atoms with E-state index in [4.69, 9.17) is 0 Å². The number of rotatable bonds is 6. The number of nitrogens with zero attached hydrogens (tertiary/aromatic N) is 2. The lowest BCUT2D eigenvalue weighted by Crippen LogP contribution is -2.06. The highest BCUT2D eigenvalue weighted by atomic mass is 16.1. The molecule has 0 aliphatic heterocycles. The molecule has 7 nitrogen and oxygen atoms in total. The molecule has 3 aromatic rings. The summed E-state index contributed by atoms with van der Waals surface area (Å²) < 4.78 is 0. The molecule has 0 saturated heterocycles. The predicted molar refractivity (Wildman–Crippen MR) is 106 cm³/mol. The van der Waals surface area contributed by atoms with Crippen LogP contribution in [-0.4, -0.2) is 21.7 Å². The summed E-state index contributed by atoms with van der Waals surface area (Å²) >= 11 is 0. The Morgan fingerprint density at radius 1 is 0.852 bits per heavy atom. The first-order valence-electron chi connectivity index (χ1n) is 8.35. The largest absolute Gasteiger partial charge is 0.340 e. The summed E-state index contributed by atoms with van der Waals surface area (Å²) in [7, 11) is 0. The van der Waals surface area contributed by atoms with Crippen LogP contribution in [-0.2, 0) is 4.79 Å². The highest BCUT2D eigenvalue weighted by Crippen LogP contribution is 2.20. The predicted octanol–water partition coefficient (Wildman–Crippen LogP) is 4.12. The van der Waals surface area contributed by atoms with Crippen LogP contribution < -0.4 is 16.0 Å². The maximum Gasteiger partial charge on any atom is 0.229 e. The molecule has 3 rings (SSSR count). The van der Waals surface area contributed by atoms with Crippen molar-refractivity contribution in [3.05, 3.63) is 66.4 Å². The average Bonchev–Trinajstić information content (AvgIpc) is 2.62. The molecule has 0 saturated carbocycles. The van der Waals surface area contributed by atoms with Crippen LogP contribution in [0.2, 0.25) is 0 Å². The molecule has 27 heavy (non-hydrogen) atoms. The van der Waals surface area contributed by atoms with Gasteiger partial charge in [-0.1, -0.05) is 6.07 Å². The van der Waals surface area contributed by atoms with E-state index >= 15 is 0 Å². The molecule has 0 spiro atoms. The fourth-order valence-corrected chi connectivity index (χ4v) is 2.43. The van der Waals surface area contributed by atoms with Crippen LogP contribution in [0.5, 0.6) is 0 Å². The van der Waals surface area contributed by atoms with Crippen molar-refractivity contribution in [2.45, 2.75) is 13.8 Å². The number of amides is 1. The van der Waals surface area contributed by atoms with Gasteiger partial charge < -0.3 is 16.0 Å². The molecule has 1 heterocycles. The van der Waals surface area contributed by atoms with Gasteiger partial charge in [0.2, 0.25) is 11.9 Å². The molecule has 1 amide bonds. The van der Waals surface area contributed by atoms with Gasteiger partial charge in [0.15, 0.2) is 5.78 Å². The Hall–Kier alpha value is -3.74. The second-order valence-corrected chi connectivity index (χ2v) is 5.91. The minimum Gasteiger partial charge on any atom is -0.340 e. The molecule has 0 fully saturated rings. The number of carbonyl (C=O) groups is 2. The Labute approximate surface area is 156 Å². The van der Waals surface area contributed by atoms with Crippen molar-refractivity contribution >= 4 is 40.5 Å². The molecule has 2 aromatic carbocycles. The Morgan fingerprint density at radius 3 is 2.30 bits per heavy atom. The van der Waals surface area contributed by atoms with Crippen LogP contribution in [0.15, 0.2) is 60.8 Å². The molecule has 0 aliphatic carbocycles. The number of ketones is 1. The summed E-state index contributed by atoms with van der Waals surface area (Å²) in [6.45, 7) is 2.99. The van der Waals surface area contributed by atoms with E-state index in [1.807, 2.05) is 24.3 Å². The minimum absolute atomic E-state index is 0.0246. The second-order valence-electron chi connectivity index (χ2n) is 5.91. The molecular weight excluding hydrogens is 342 g/mol. The SMILES string of the molecule is CC(=O)Nc1cccc(Nc2nccc(Nc3ccc(C(C)=O)cc3)n2)c1. The molecule has 136 valence electrons. The average molecular weight is 361 g/mol. The molecular formula is C20H19N5O2. The van der Waals surface area contributed by atoms with E-state index < -0.39 is 0 Å². The third-order valence-corrected chi connectivity index (χ3v) is 3.66. The van der Waals surface area contributed by atoms with Crippen LogP contribution in [0.1, 0.15) is 24.2 Å². The monoisotopic (exact) mass is 361 g/mol. The van der Waals surface area contributed by atoms with E-state index in [2.05, 4.69) is 25.9 Å². The zero-order chi connectivity index (χ0) is 19.2. The van der Waals surface area contributed by atoms with Crippen LogP contribution in [0.4, 0.5) is 28.8 Å². The Morgan fingerprint density at radius 2 is 1.59 bits per heavy atom. The first-order chi connectivity index (χ1) is 13.0. The highest BCUT2D eigenvalue weighted by molar-refractivity contribution is 5.94. The van der Waals surface area contributed by atoms with Crippen molar-refractivity contribution in [2.24, 2.45) is 0 Å². The number of Topliss-reactive ketones (excluding diaryl/α,β-unsaturated/α-hetero) is 1. The number of benzene rings is 2. The first kappa shape index (κ1) is 18.1. The van der Waals surface area contributed by atoms with Gasteiger partial charge >= 0.3 is 0 Å². The van der Waals surface area contributed by atoms with Gasteiger partial charge in [-0.15, -0.1) is 0 Å². The standard InChI is InChI=1S/C20H19N5O2/c1-13(26)15-6-8-16(9-7-15)23-19-10-11-21-20(25-19)24-18-5-3-4-17(12-18)22-14(2)27/h3-12H,1-2H3,(H,22,27)(H2,21,23,24,25). The molecule has 0 atom stereocenters. The summed E-state index contributed by atoms with van der Waals surface area (Å²) in [5.74, 6) is 0.920. The van der Waals surface area contributed by atoms with E-state index in [1.165, 1.54) is 13.8 Å². The van der Waals surface area contributed by atoms with Crippen LogP contribution >= 0.6 is 0 Å². The van der Waals surface area contributed by atoms with Crippen molar-refractivity contribution in [1.82, 2.24) is 9.97 Å². The van der Waals surface area contributed by atoms with Crippen molar-refractivity contribution < 1.29 is 9.59 Å². The normalized spacial score (nSPS) is 10.1. The van der Waals surface area contributed by atoms with Gasteiger partial charge in [-0.05, 0) is 55.5 Å². The zero-order valence-electron chi connectivity index (χ0n) is 15.0. The lowest BCUT2D eigenvalue weighted by Gasteiger charge is -2.10. The molecule has 3 N–H and O–H groups in total. The van der Waals surface area contributed by atoms with Gasteiger partial charge in [0.05, 0.1) is 0 Å². The van der Waals surface area contributed by atoms with Crippen molar-refractivity contribution in [3.8, 4) is 0 Å². The molecule has 0 radical (unpaired) electrons. The lowest BCUT2D eigenvalue weighted by atomic mass is 10.1. The number of aromatic nitrogens is 2. The second kappa shape index (κ2) is 8.09. The van der Waals surface area contributed by atoms with E-state index in [0.29, 0.717) is 23.0 Å². The number of anilines is 5. The van der Waals surface area contributed by atoms with E-state index in [9.17, 15) is 9.59 Å². The molecule has 7 heteroatoms. The molecule has 1 aromatic heterocycles. The van der Waals surface area contributed by atoms with Crippen molar-refractivity contribution in [2.75, 3.05) is 16.0 Å². The number of carbonyl (C=O) groups excluding carboxylic acids is 2. The smallest absolute Gasteiger partial charge is 0.229 e. The third-order valence-electron chi connectivity index (χ3n) is 3.66. The van der Waals surface area contributed by atoms with Crippen LogP contribution in [0.3, 0.4) is 0 Å². The molecule has 0 aliphatic rings. The summed E-state index contributed by atoms with van der Waals surface area (Å²) in [4.78, 5) is 31.2. The summed E-state index contributed by atoms with van der Waals surface area (Å²) in [5, 5.41) is 9.02. The van der Waals surface area contributed by atoms with Gasteiger partial charge in [-0.25, -0.2) is 4.98 Å². The fourth-order valence-electron chi connectivity index (χ4n) is 2.43. The van der Waals surface area contributed by atoms with Crippen molar-refractivity contribution in [1.29, 1.82) is 0 Å². The topological polar surface area (TPSA) is 96.0 Å². The first-order valence-corrected chi connectivity index (χ1v) is 8.35. The van der Waals surface area contributed by atoms with Crippen LogP contribution in [0, 0.1) is 0 Å². The number of hydrogen-bond acceptors (Lipinski definition) is 6. The van der Waals surface area contributed by atoms with Gasteiger partial charge in [0, 0.05) is 35.7 Å². The van der Waals surface area contributed by atoms with Crippen molar-refractivity contribution in [3.63, 3.8) is 0 Å². The Bertz CT molecular complexity index is 970. The van der Waals surface area contributed by atoms with Gasteiger partial charge in [-0.3, -0.25) is 9.59 Å². The maximum absolute atomic E-state index is 11.3. The summed E-state index contributed by atoms with van der Waals surface area (Å²) in [5.41, 5.74) is 2.92. The Kier molecular flexibility index (Phi) is 5.41. The quantitative estimate of drug-likeness (QED) is 0.572. The minimum atomic E-state index is -0.134. The summed E-state index contributed by atoms with van der Waals surface area (Å²) in [6.07, 6.45) is 1.64. The number of nitrogens with one attached hydrogen (secondary N) is 3. The van der Waals surface area contributed by atoms with Crippen LogP contribution in [0.25, 0.3) is 0 Å². The molecule has 0 bridgehead atoms. The summed E-state index contributed by atoms with van der Waals surface area (Å²) in [6, 6.07) is 16.2. The van der Waals surface area contributed by atoms with Gasteiger partial charge in [0.25, 0.3) is 0 Å². The molecule has 0 unspecified atom stereocenters.